The number of nitrogens with two attached hydrogens (primary N) is 2. The Hall–Kier alpha value is -11.5. The topological polar surface area (TPSA) is 590 Å². The molecule has 0 radical (unpaired) electrons. The lowest BCUT2D eigenvalue weighted by molar-refractivity contribution is -0.333. The molecule has 0 spiro atoms. The van der Waals surface area contributed by atoms with Crippen LogP contribution in [0.1, 0.15) is 175 Å². The molecule has 7 heterocycles. The number of aromatic hydroxyl groups is 2. The number of anilines is 1. The number of urea groups is 1. The Balaban J connectivity index is 1.00. The smallest absolute Gasteiger partial charge is 0.412 e. The average Bonchev–Trinajstić information content (AvgIpc) is 0.763. The molecule has 680 valence electrons. The van der Waals surface area contributed by atoms with Crippen molar-refractivity contribution in [2.75, 3.05) is 32.1 Å². The summed E-state index contributed by atoms with van der Waals surface area (Å²) in [6.45, 7) is 9.77. The molecule has 39 heteroatoms. The third-order valence-electron chi connectivity index (χ3n) is 22.4. The van der Waals surface area contributed by atoms with Crippen LogP contribution < -0.4 is 83.6 Å². The van der Waals surface area contributed by atoms with E-state index in [0.29, 0.717) is 37.9 Å². The zero-order chi connectivity index (χ0) is 91.3. The first kappa shape index (κ1) is 95.1. The summed E-state index contributed by atoms with van der Waals surface area (Å²) in [6, 6.07) is 7.26. The maximum atomic E-state index is 16.3. The summed E-state index contributed by atoms with van der Waals surface area (Å²) in [4.78, 5) is 146. The van der Waals surface area contributed by atoms with Gasteiger partial charge in [0.05, 0.1) is 36.3 Å². The van der Waals surface area contributed by atoms with Crippen LogP contribution in [0.4, 0.5) is 15.3 Å². The van der Waals surface area contributed by atoms with Crippen LogP contribution >= 0.6 is 11.6 Å². The number of phenols is 2. The SMILES string of the molecule is CCCCCCc1ccc(NC(=O)NCCCCCCNC(=O)Oc2cc(O)c3c(c2)[C@@H](C(=O)O)NC(=O)[C@H]2NC(=O)[C@H](NC(=O)[C@@H]4NC(=O)[C@H](CC(N)=O)NC(=O)[C@H](NC(=O)[C@@H](CC(C)C)NC)[C@H](O)c5ccc(c(C)c5)Oc5cc4cc(c5O[C@@H]4O[C@H](CO)[C@@H](O)[C@H](O)[C@H]4O[C@H]4C[C@](C)(N)[C@H](O)[C@H](C)O4)Oc4ccc(cc4Cl)[C@H]2O)c2ccc(O)c-3c2)cc1. The Morgan fingerprint density at radius 1 is 0.683 bits per heavy atom. The number of hydrogen-bond donors (Lipinski definition) is 21. The van der Waals surface area contributed by atoms with Crippen LogP contribution in [-0.2, 0) is 59.0 Å². The normalized spacial score (nSPS) is 25.8. The van der Waals surface area contributed by atoms with Crippen molar-refractivity contribution in [1.82, 2.24) is 47.9 Å². The number of unbranched alkanes of at least 4 members (excludes halogenated alkanes) is 6. The highest BCUT2D eigenvalue weighted by Gasteiger charge is 2.52. The number of primary amides is 1. The number of aliphatic hydroxyl groups is 6. The van der Waals surface area contributed by atoms with Crippen LogP contribution in [0, 0.1) is 12.8 Å². The van der Waals surface area contributed by atoms with Gasteiger partial charge in [-0.2, -0.15) is 0 Å². The van der Waals surface area contributed by atoms with Crippen LogP contribution in [0.25, 0.3) is 11.1 Å². The predicted molar refractivity (Wildman–Crippen MR) is 451 cm³/mol. The lowest BCUT2D eigenvalue weighted by Gasteiger charge is -2.47. The second-order valence-corrected chi connectivity index (χ2v) is 33.1. The molecule has 0 saturated carbocycles. The molecule has 7 aliphatic heterocycles. The highest BCUT2D eigenvalue weighted by atomic mass is 35.5. The number of rotatable bonds is 27. The summed E-state index contributed by atoms with van der Waals surface area (Å²) in [7, 11) is 1.49. The second kappa shape index (κ2) is 42.2. The zero-order valence-electron chi connectivity index (χ0n) is 70.3. The molecule has 10 amide bonds. The summed E-state index contributed by atoms with van der Waals surface area (Å²) < 4.78 is 44.5. The van der Waals surface area contributed by atoms with Crippen molar-refractivity contribution in [2.24, 2.45) is 17.4 Å². The molecule has 38 nitrogen and oxygen atoms in total. The minimum atomic E-state index is -2.36. The molecule has 6 aromatic rings. The van der Waals surface area contributed by atoms with Crippen LogP contribution in [0.2, 0.25) is 5.02 Å². The van der Waals surface area contributed by atoms with Gasteiger partial charge in [-0.25, -0.2) is 14.4 Å². The number of phenolic OH excluding ortho intramolecular Hbond substituents is 2. The first-order valence-corrected chi connectivity index (χ1v) is 42.0. The largest absolute Gasteiger partial charge is 0.507 e. The average molecular weight is 1770 g/mol. The number of carboxylic acid groups (broad SMARTS) is 1. The molecule has 7 aliphatic rings. The number of halogens is 1. The fraction of sp³-hybridized carbons (Fsp3) is 0.471. The van der Waals surface area contributed by atoms with Gasteiger partial charge in [0.25, 0.3) is 0 Å². The van der Waals surface area contributed by atoms with Crippen LogP contribution in [0.15, 0.2) is 103 Å². The first-order chi connectivity index (χ1) is 59.9. The van der Waals surface area contributed by atoms with E-state index in [-0.39, 0.29) is 59.3 Å². The minimum absolute atomic E-state index is 0.0435. The van der Waals surface area contributed by atoms with Crippen molar-refractivity contribution in [3.05, 3.63) is 147 Å². The maximum absolute atomic E-state index is 16.3. The van der Waals surface area contributed by atoms with Gasteiger partial charge in [-0.3, -0.25) is 33.6 Å². The van der Waals surface area contributed by atoms with E-state index in [9.17, 15) is 69.9 Å². The Kier molecular flexibility index (Phi) is 31.8. The molecule has 0 unspecified atom stereocenters. The Morgan fingerprint density at radius 2 is 1.33 bits per heavy atom. The number of hydrogen-bond acceptors (Lipinski definition) is 27. The highest BCUT2D eigenvalue weighted by molar-refractivity contribution is 6.32. The number of nitrogens with one attached hydrogen (secondary N) is 10. The van der Waals surface area contributed by atoms with Crippen molar-refractivity contribution in [3.8, 4) is 57.1 Å². The van der Waals surface area contributed by atoms with Gasteiger partial charge < -0.3 is 144 Å². The summed E-state index contributed by atoms with van der Waals surface area (Å²) in [5.41, 5.74) is 10.1. The minimum Gasteiger partial charge on any atom is -0.507 e. The van der Waals surface area contributed by atoms with Crippen molar-refractivity contribution < 1.29 is 127 Å². The number of likely N-dealkylation sites (N-methyl/N-ethyl adjacent to an activating group) is 1. The molecule has 126 heavy (non-hydrogen) atoms. The number of benzene rings is 6. The van der Waals surface area contributed by atoms with E-state index in [1.165, 1.54) is 58.0 Å². The van der Waals surface area contributed by atoms with Gasteiger partial charge in [0.2, 0.25) is 53.4 Å². The maximum Gasteiger partial charge on any atom is 0.412 e. The number of amides is 10. The Bertz CT molecular complexity index is 4990. The van der Waals surface area contributed by atoms with Crippen molar-refractivity contribution in [1.29, 1.82) is 0 Å². The van der Waals surface area contributed by atoms with E-state index in [1.807, 2.05) is 38.1 Å². The van der Waals surface area contributed by atoms with Crippen LogP contribution in [-0.4, -0.2) is 211 Å². The second-order valence-electron chi connectivity index (χ2n) is 32.6. The molecule has 23 N–H and O–H groups in total. The number of aliphatic carboxylic acids is 1. The van der Waals surface area contributed by atoms with E-state index in [2.05, 4.69) is 60.1 Å². The van der Waals surface area contributed by atoms with E-state index >= 15 is 24.0 Å². The van der Waals surface area contributed by atoms with Gasteiger partial charge in [-0.15, -0.1) is 0 Å². The number of aliphatic hydroxyl groups excluding tert-OH is 6. The van der Waals surface area contributed by atoms with Crippen molar-refractivity contribution >= 4 is 76.7 Å². The lowest BCUT2D eigenvalue weighted by Crippen LogP contribution is -2.64. The molecular formula is C87H109ClN12O26. The number of carbonyl (C=O) groups is 10. The zero-order valence-corrected chi connectivity index (χ0v) is 71.1. The fourth-order valence-corrected chi connectivity index (χ4v) is 15.8. The molecule has 18 atom stereocenters. The van der Waals surface area contributed by atoms with Gasteiger partial charge in [0.1, 0.15) is 89.5 Å². The van der Waals surface area contributed by atoms with Gasteiger partial charge in [-0.1, -0.05) is 94.8 Å². The molecular weight excluding hydrogens is 1660 g/mol. The van der Waals surface area contributed by atoms with Gasteiger partial charge in [0, 0.05) is 53.5 Å². The van der Waals surface area contributed by atoms with Crippen molar-refractivity contribution in [2.45, 2.75) is 228 Å². The molecule has 2 fully saturated rings. The fourth-order valence-electron chi connectivity index (χ4n) is 15.6. The van der Waals surface area contributed by atoms with Gasteiger partial charge >= 0.3 is 18.1 Å². The van der Waals surface area contributed by atoms with Crippen molar-refractivity contribution in [3.63, 3.8) is 0 Å². The summed E-state index contributed by atoms with van der Waals surface area (Å²) in [5, 5.41) is 131. The summed E-state index contributed by atoms with van der Waals surface area (Å²) in [5.74, 6) is -15.5. The van der Waals surface area contributed by atoms with E-state index in [0.717, 1.165) is 86.3 Å². The molecule has 13 rings (SSSR count). The third kappa shape index (κ3) is 23.2. The number of fused-ring (bicyclic) bond motifs is 15. The van der Waals surface area contributed by atoms with Gasteiger partial charge in [-0.05, 0) is 166 Å². The molecule has 11 bridgehead atoms. The summed E-state index contributed by atoms with van der Waals surface area (Å²) in [6.07, 6.45) is -11.9. The number of carboxylic acids is 1. The van der Waals surface area contributed by atoms with E-state index in [1.54, 1.807) is 0 Å². The molecule has 2 saturated heterocycles. The standard InChI is InChI=1S/C87H109ClN12O26/c1-8-9-10-13-16-43-17-22-48(23-18-43)94-85(118)92-27-14-11-12-15-28-93-86(119)121-49-35-51-64(56(103)36-49)50-31-44(19-24-55(50)102)65-79(112)100-69(82(115)98-67(51)83(116)117)71(106)46-21-26-58(52(88)32-46)123-60-34-47-33-59(74(60)126-84-75(73(108)72(107)61(39-101)124-84)125-63-38-87(6,90)76(109)42(5)120-63)122-57-25-20-45(30-41(57)4)70(105)68(99-77(110)53(91-7)29-40(2)3)81(114)95-54(37-62(89)104)78(111)96-66(47)80(113)97-65/h17-26,30-36,40,42,53-54,61,63,65-73,75-76,84,91,101-103,105-109H,8-16,27-29,37-39,90H2,1-7H3,(H2,89,104)(H,93,119)(H,95,114)(H,96,111)(H,97,113)(H,98,115)(H,99,110)(H,100,112)(H,116,117)(H2,92,94,118)/t42-,53+,54-,61+,63-,65+,66+,67-,68+,69-,70+,71+,72+,73-,75+,76+,84-,87-/m0/s1. The number of aryl methyl sites for hydroxylation is 2. The number of carbonyl (C=O) groups excluding carboxylic acids is 9. The predicted octanol–water partition coefficient (Wildman–Crippen LogP) is 4.65. The number of ether oxygens (including phenoxy) is 7. The van der Waals surface area contributed by atoms with Crippen LogP contribution in [0.5, 0.6) is 46.0 Å². The molecule has 0 aliphatic carbocycles. The Labute approximate surface area is 729 Å². The molecule has 6 aromatic carbocycles. The first-order valence-electron chi connectivity index (χ1n) is 41.6. The van der Waals surface area contributed by atoms with Crippen LogP contribution in [0.3, 0.4) is 0 Å². The Morgan fingerprint density at radius 3 is 1.97 bits per heavy atom. The summed E-state index contributed by atoms with van der Waals surface area (Å²) >= 11 is 7.17. The monoisotopic (exact) mass is 1770 g/mol. The molecule has 0 aromatic heterocycles. The van der Waals surface area contributed by atoms with E-state index in [4.69, 9.17) is 56.2 Å². The highest BCUT2D eigenvalue weighted by Crippen LogP contribution is 2.50. The third-order valence-corrected chi connectivity index (χ3v) is 22.7. The lowest BCUT2D eigenvalue weighted by atomic mass is 9.86. The quantitative estimate of drug-likeness (QED) is 0.0312. The van der Waals surface area contributed by atoms with E-state index < -0.39 is 243 Å². The van der Waals surface area contributed by atoms with Gasteiger partial charge in [0.15, 0.2) is 29.9 Å².